The second-order valence-corrected chi connectivity index (χ2v) is 5.39. The maximum atomic E-state index is 13.5. The Morgan fingerprint density at radius 3 is 2.86 bits per heavy atom. The molecule has 0 bridgehead atoms. The zero-order valence-electron chi connectivity index (χ0n) is 10.8. The van der Waals surface area contributed by atoms with E-state index in [0.717, 1.165) is 0 Å². The van der Waals surface area contributed by atoms with Crippen molar-refractivity contribution in [2.45, 2.75) is 6.92 Å². The maximum absolute atomic E-state index is 13.5. The zero-order valence-corrected chi connectivity index (χ0v) is 12.4. The maximum Gasteiger partial charge on any atom is 0.338 e. The van der Waals surface area contributed by atoms with Crippen LogP contribution >= 0.6 is 15.9 Å². The van der Waals surface area contributed by atoms with Crippen LogP contribution in [0.15, 0.2) is 34.8 Å². The summed E-state index contributed by atoms with van der Waals surface area (Å²) in [7, 11) is 0. The SMILES string of the molecule is Cc1cc(F)c(Br)cc1-n1nnc2c(C(=O)O)cccc21. The van der Waals surface area contributed by atoms with E-state index in [9.17, 15) is 9.18 Å². The normalized spacial score (nSPS) is 11.0. The van der Waals surface area contributed by atoms with Crippen molar-refractivity contribution in [3.05, 3.63) is 51.7 Å². The quantitative estimate of drug-likeness (QED) is 0.770. The predicted molar refractivity (Wildman–Crippen MR) is 78.2 cm³/mol. The molecular weight excluding hydrogens is 341 g/mol. The van der Waals surface area contributed by atoms with Crippen LogP contribution < -0.4 is 0 Å². The number of carboxylic acids is 1. The summed E-state index contributed by atoms with van der Waals surface area (Å²) < 4.78 is 15.3. The molecule has 0 atom stereocenters. The Morgan fingerprint density at radius 2 is 2.14 bits per heavy atom. The van der Waals surface area contributed by atoms with Crippen molar-refractivity contribution in [2.24, 2.45) is 0 Å². The number of hydrogen-bond acceptors (Lipinski definition) is 3. The Balaban J connectivity index is 2.30. The van der Waals surface area contributed by atoms with Gasteiger partial charge in [-0.3, -0.25) is 0 Å². The van der Waals surface area contributed by atoms with E-state index >= 15 is 0 Å². The molecule has 1 N–H and O–H groups in total. The summed E-state index contributed by atoms with van der Waals surface area (Å²) in [5.74, 6) is -1.43. The van der Waals surface area contributed by atoms with Crippen LogP contribution in [0.3, 0.4) is 0 Å². The molecule has 0 radical (unpaired) electrons. The van der Waals surface area contributed by atoms with Gasteiger partial charge in [0.2, 0.25) is 0 Å². The smallest absolute Gasteiger partial charge is 0.338 e. The Kier molecular flexibility index (Phi) is 3.21. The van der Waals surface area contributed by atoms with E-state index in [0.29, 0.717) is 26.8 Å². The van der Waals surface area contributed by atoms with Crippen LogP contribution in [-0.2, 0) is 0 Å². The number of carboxylic acid groups (broad SMARTS) is 1. The average Bonchev–Trinajstić information content (AvgIpc) is 2.86. The molecule has 0 unspecified atom stereocenters. The molecule has 0 saturated carbocycles. The van der Waals surface area contributed by atoms with Gasteiger partial charge in [0, 0.05) is 0 Å². The molecule has 0 fully saturated rings. The van der Waals surface area contributed by atoms with Crippen molar-refractivity contribution < 1.29 is 14.3 Å². The third-order valence-corrected chi connectivity index (χ3v) is 3.78. The summed E-state index contributed by atoms with van der Waals surface area (Å²) in [5.41, 5.74) is 2.23. The lowest BCUT2D eigenvalue weighted by Crippen LogP contribution is -2.01. The third-order valence-electron chi connectivity index (χ3n) is 3.17. The van der Waals surface area contributed by atoms with Crippen molar-refractivity contribution in [2.75, 3.05) is 0 Å². The van der Waals surface area contributed by atoms with Gasteiger partial charge in [-0.25, -0.2) is 13.9 Å². The minimum atomic E-state index is -1.07. The molecule has 2 aromatic carbocycles. The summed E-state index contributed by atoms with van der Waals surface area (Å²) in [6.45, 7) is 1.75. The van der Waals surface area contributed by atoms with E-state index in [-0.39, 0.29) is 11.4 Å². The van der Waals surface area contributed by atoms with Crippen LogP contribution in [0.4, 0.5) is 4.39 Å². The fraction of sp³-hybridized carbons (Fsp3) is 0.0714. The highest BCUT2D eigenvalue weighted by molar-refractivity contribution is 9.10. The Morgan fingerprint density at radius 1 is 1.38 bits per heavy atom. The molecule has 0 aliphatic rings. The summed E-state index contributed by atoms with van der Waals surface area (Å²) in [5, 5.41) is 17.1. The summed E-state index contributed by atoms with van der Waals surface area (Å²) in [6, 6.07) is 7.79. The van der Waals surface area contributed by atoms with Crippen molar-refractivity contribution in [1.82, 2.24) is 15.0 Å². The first-order valence-electron chi connectivity index (χ1n) is 6.03. The molecule has 1 heterocycles. The van der Waals surface area contributed by atoms with Gasteiger partial charge in [-0.1, -0.05) is 11.3 Å². The van der Waals surface area contributed by atoms with Crippen LogP contribution in [0.5, 0.6) is 0 Å². The Bertz CT molecular complexity index is 876. The highest BCUT2D eigenvalue weighted by atomic mass is 79.9. The largest absolute Gasteiger partial charge is 0.478 e. The lowest BCUT2D eigenvalue weighted by molar-refractivity contribution is 0.0699. The van der Waals surface area contributed by atoms with Gasteiger partial charge >= 0.3 is 5.97 Å². The van der Waals surface area contributed by atoms with E-state index in [2.05, 4.69) is 26.2 Å². The molecule has 5 nitrogen and oxygen atoms in total. The number of benzene rings is 2. The van der Waals surface area contributed by atoms with Gasteiger partial charge in [0.15, 0.2) is 0 Å². The molecule has 7 heteroatoms. The molecule has 106 valence electrons. The zero-order chi connectivity index (χ0) is 15.1. The molecule has 1 aromatic heterocycles. The number of aromatic nitrogens is 3. The van der Waals surface area contributed by atoms with Crippen molar-refractivity contribution in [1.29, 1.82) is 0 Å². The fourth-order valence-corrected chi connectivity index (χ4v) is 2.49. The van der Waals surface area contributed by atoms with E-state index < -0.39 is 5.97 Å². The number of aryl methyl sites for hydroxylation is 1. The highest BCUT2D eigenvalue weighted by Crippen LogP contribution is 2.26. The Labute approximate surface area is 127 Å². The minimum absolute atomic E-state index is 0.0811. The monoisotopic (exact) mass is 349 g/mol. The van der Waals surface area contributed by atoms with Crippen molar-refractivity contribution >= 4 is 32.9 Å². The molecule has 0 aliphatic carbocycles. The predicted octanol–water partition coefficient (Wildman–Crippen LogP) is 3.33. The van der Waals surface area contributed by atoms with Gasteiger partial charge in [-0.05, 0) is 52.7 Å². The third kappa shape index (κ3) is 2.19. The van der Waals surface area contributed by atoms with Gasteiger partial charge < -0.3 is 5.11 Å². The van der Waals surface area contributed by atoms with Gasteiger partial charge in [0.1, 0.15) is 11.3 Å². The minimum Gasteiger partial charge on any atom is -0.478 e. The Hall–Kier alpha value is -2.28. The van der Waals surface area contributed by atoms with E-state index in [1.165, 1.54) is 16.8 Å². The van der Waals surface area contributed by atoms with Crippen LogP contribution in [0.1, 0.15) is 15.9 Å². The van der Waals surface area contributed by atoms with Crippen LogP contribution in [0.25, 0.3) is 16.7 Å². The number of hydrogen-bond donors (Lipinski definition) is 1. The fourth-order valence-electron chi connectivity index (χ4n) is 2.16. The average molecular weight is 350 g/mol. The molecule has 0 aliphatic heterocycles. The number of nitrogens with zero attached hydrogens (tertiary/aromatic N) is 3. The lowest BCUT2D eigenvalue weighted by atomic mass is 10.1. The number of rotatable bonds is 2. The molecule has 3 rings (SSSR count). The van der Waals surface area contributed by atoms with Gasteiger partial charge in [-0.2, -0.15) is 0 Å². The molecule has 0 saturated heterocycles. The van der Waals surface area contributed by atoms with Crippen molar-refractivity contribution in [3.8, 4) is 5.69 Å². The first kappa shape index (κ1) is 13.7. The van der Waals surface area contributed by atoms with E-state index in [1.54, 1.807) is 25.1 Å². The molecule has 0 amide bonds. The molecular formula is C14H9BrFN3O2. The second kappa shape index (κ2) is 4.92. The molecule has 0 spiro atoms. The molecule has 3 aromatic rings. The van der Waals surface area contributed by atoms with Gasteiger partial charge in [0.25, 0.3) is 0 Å². The second-order valence-electron chi connectivity index (χ2n) is 4.53. The number of aromatic carboxylic acids is 1. The number of carbonyl (C=O) groups is 1. The highest BCUT2D eigenvalue weighted by Gasteiger charge is 2.16. The lowest BCUT2D eigenvalue weighted by Gasteiger charge is -2.08. The van der Waals surface area contributed by atoms with Gasteiger partial charge in [0.05, 0.1) is 21.2 Å². The van der Waals surface area contributed by atoms with Gasteiger partial charge in [-0.15, -0.1) is 5.10 Å². The summed E-state index contributed by atoms with van der Waals surface area (Å²) >= 11 is 3.14. The standard InChI is InChI=1S/C14H9BrFN3O2/c1-7-5-10(16)9(15)6-12(7)19-11-4-2-3-8(14(20)21)13(11)17-18-19/h2-6H,1H3,(H,20,21). The van der Waals surface area contributed by atoms with E-state index in [4.69, 9.17) is 5.11 Å². The van der Waals surface area contributed by atoms with Crippen molar-refractivity contribution in [3.63, 3.8) is 0 Å². The van der Waals surface area contributed by atoms with Crippen LogP contribution in [0, 0.1) is 12.7 Å². The number of fused-ring (bicyclic) bond motifs is 1. The van der Waals surface area contributed by atoms with E-state index in [1.807, 2.05) is 0 Å². The topological polar surface area (TPSA) is 68.0 Å². The number of halogens is 2. The summed E-state index contributed by atoms with van der Waals surface area (Å²) in [6.07, 6.45) is 0. The molecule has 21 heavy (non-hydrogen) atoms. The summed E-state index contributed by atoms with van der Waals surface area (Å²) in [4.78, 5) is 11.2. The first-order valence-corrected chi connectivity index (χ1v) is 6.82. The first-order chi connectivity index (χ1) is 9.99. The van der Waals surface area contributed by atoms with Crippen LogP contribution in [-0.4, -0.2) is 26.1 Å². The van der Waals surface area contributed by atoms with Crippen LogP contribution in [0.2, 0.25) is 0 Å².